The number of rotatable bonds is 6. The molecule has 0 bridgehead atoms. The Morgan fingerprint density at radius 3 is 2.62 bits per heavy atom. The minimum Gasteiger partial charge on any atom is -0.352 e. The largest absolute Gasteiger partial charge is 0.352 e. The zero-order valence-electron chi connectivity index (χ0n) is 13.1. The monoisotopic (exact) mass is 323 g/mol. The lowest BCUT2D eigenvalue weighted by Crippen LogP contribution is -2.24. The van der Waals surface area contributed by atoms with E-state index in [-0.39, 0.29) is 11.7 Å². The van der Waals surface area contributed by atoms with Crippen molar-refractivity contribution < 1.29 is 9.18 Å². The van der Waals surface area contributed by atoms with Gasteiger partial charge in [-0.15, -0.1) is 0 Å². The first-order valence-corrected chi connectivity index (χ1v) is 7.85. The van der Waals surface area contributed by atoms with Gasteiger partial charge in [0.25, 0.3) is 5.91 Å². The van der Waals surface area contributed by atoms with Gasteiger partial charge < -0.3 is 5.32 Å². The lowest BCUT2D eigenvalue weighted by molar-refractivity contribution is 0.0953. The lowest BCUT2D eigenvalue weighted by Gasteiger charge is -2.06. The molecule has 0 aliphatic heterocycles. The van der Waals surface area contributed by atoms with Crippen molar-refractivity contribution in [3.8, 4) is 11.1 Å². The fourth-order valence-electron chi connectivity index (χ4n) is 2.52. The first-order chi connectivity index (χ1) is 11.7. The molecule has 1 aromatic heterocycles. The Hall–Kier alpha value is -2.95. The standard InChI is InChI=1S/C19H18FN3O/c20-18-6-2-1-5-17(18)15-9-7-14(8-10-15)4-3-11-21-19(24)16-12-22-23-13-16/h1-2,5-10,12-13H,3-4,11H2,(H,21,24)(H,22,23). The van der Waals surface area contributed by atoms with Crippen LogP contribution >= 0.6 is 0 Å². The van der Waals surface area contributed by atoms with Gasteiger partial charge in [-0.05, 0) is 30.0 Å². The number of H-pyrrole nitrogens is 1. The molecule has 1 heterocycles. The van der Waals surface area contributed by atoms with Gasteiger partial charge in [0.05, 0.1) is 11.8 Å². The Morgan fingerprint density at radius 2 is 1.92 bits per heavy atom. The third kappa shape index (κ3) is 3.87. The van der Waals surface area contributed by atoms with Gasteiger partial charge in [0.2, 0.25) is 0 Å². The zero-order chi connectivity index (χ0) is 16.8. The Kier molecular flexibility index (Phi) is 5.01. The summed E-state index contributed by atoms with van der Waals surface area (Å²) in [6, 6.07) is 14.6. The fraction of sp³-hybridized carbons (Fsp3) is 0.158. The Morgan fingerprint density at radius 1 is 1.12 bits per heavy atom. The first kappa shape index (κ1) is 15.9. The molecule has 1 amide bonds. The second-order valence-corrected chi connectivity index (χ2v) is 5.52. The molecule has 0 saturated carbocycles. The number of nitrogens with zero attached hydrogens (tertiary/aromatic N) is 1. The Bertz CT molecular complexity index is 798. The average molecular weight is 323 g/mol. The molecule has 0 aliphatic rings. The summed E-state index contributed by atoms with van der Waals surface area (Å²) in [7, 11) is 0. The number of aromatic nitrogens is 2. The predicted molar refractivity (Wildman–Crippen MR) is 91.1 cm³/mol. The van der Waals surface area contributed by atoms with Gasteiger partial charge in [-0.3, -0.25) is 9.89 Å². The molecule has 0 radical (unpaired) electrons. The summed E-state index contributed by atoms with van der Waals surface area (Å²) in [6.07, 6.45) is 4.75. The maximum absolute atomic E-state index is 13.8. The van der Waals surface area contributed by atoms with E-state index in [1.54, 1.807) is 18.3 Å². The van der Waals surface area contributed by atoms with Crippen LogP contribution in [0.15, 0.2) is 60.9 Å². The number of carbonyl (C=O) groups is 1. The van der Waals surface area contributed by atoms with Gasteiger partial charge in [0, 0.05) is 18.3 Å². The summed E-state index contributed by atoms with van der Waals surface area (Å²) >= 11 is 0. The molecule has 3 rings (SSSR count). The van der Waals surface area contributed by atoms with E-state index < -0.39 is 0 Å². The smallest absolute Gasteiger partial charge is 0.254 e. The highest BCUT2D eigenvalue weighted by Gasteiger charge is 2.06. The maximum Gasteiger partial charge on any atom is 0.254 e. The van der Waals surface area contributed by atoms with E-state index in [0.29, 0.717) is 17.7 Å². The quantitative estimate of drug-likeness (QED) is 0.681. The number of benzene rings is 2. The molecule has 0 aliphatic carbocycles. The summed E-state index contributed by atoms with van der Waals surface area (Å²) in [6.45, 7) is 0.596. The highest BCUT2D eigenvalue weighted by atomic mass is 19.1. The fourth-order valence-corrected chi connectivity index (χ4v) is 2.52. The van der Waals surface area contributed by atoms with Crippen molar-refractivity contribution in [3.63, 3.8) is 0 Å². The molecule has 24 heavy (non-hydrogen) atoms. The molecule has 2 N–H and O–H groups in total. The Labute approximate surface area is 139 Å². The van der Waals surface area contributed by atoms with E-state index >= 15 is 0 Å². The van der Waals surface area contributed by atoms with Crippen molar-refractivity contribution in [2.45, 2.75) is 12.8 Å². The average Bonchev–Trinajstić information content (AvgIpc) is 3.14. The molecule has 0 saturated heterocycles. The molecule has 4 nitrogen and oxygen atoms in total. The SMILES string of the molecule is O=C(NCCCc1ccc(-c2ccccc2F)cc1)c1cn[nH]c1. The van der Waals surface area contributed by atoms with Crippen molar-refractivity contribution in [3.05, 3.63) is 77.9 Å². The molecule has 3 aromatic rings. The zero-order valence-corrected chi connectivity index (χ0v) is 13.1. The van der Waals surface area contributed by atoms with E-state index in [9.17, 15) is 9.18 Å². The van der Waals surface area contributed by atoms with Crippen molar-refractivity contribution in [2.75, 3.05) is 6.54 Å². The van der Waals surface area contributed by atoms with Crippen LogP contribution in [0.2, 0.25) is 0 Å². The van der Waals surface area contributed by atoms with Crippen LogP contribution in [-0.2, 0) is 6.42 Å². The summed E-state index contributed by atoms with van der Waals surface area (Å²) in [4.78, 5) is 11.7. The van der Waals surface area contributed by atoms with Crippen LogP contribution in [0.5, 0.6) is 0 Å². The summed E-state index contributed by atoms with van der Waals surface area (Å²) in [5.41, 5.74) is 3.17. The molecule has 0 unspecified atom stereocenters. The molecule has 122 valence electrons. The third-order valence-electron chi connectivity index (χ3n) is 3.83. The van der Waals surface area contributed by atoms with E-state index in [4.69, 9.17) is 0 Å². The molecular weight excluding hydrogens is 305 g/mol. The summed E-state index contributed by atoms with van der Waals surface area (Å²) in [5, 5.41) is 9.21. The maximum atomic E-state index is 13.8. The minimum atomic E-state index is -0.216. The minimum absolute atomic E-state index is 0.126. The number of hydrogen-bond acceptors (Lipinski definition) is 2. The third-order valence-corrected chi connectivity index (χ3v) is 3.83. The molecule has 5 heteroatoms. The van der Waals surface area contributed by atoms with Crippen molar-refractivity contribution in [2.24, 2.45) is 0 Å². The van der Waals surface area contributed by atoms with E-state index in [1.807, 2.05) is 30.3 Å². The predicted octanol–water partition coefficient (Wildman–Crippen LogP) is 3.58. The molecule has 0 spiro atoms. The number of carbonyl (C=O) groups excluding carboxylic acids is 1. The van der Waals surface area contributed by atoms with E-state index in [0.717, 1.165) is 24.0 Å². The van der Waals surface area contributed by atoms with Crippen LogP contribution < -0.4 is 5.32 Å². The van der Waals surface area contributed by atoms with Crippen molar-refractivity contribution in [1.82, 2.24) is 15.5 Å². The molecular formula is C19H18FN3O. The lowest BCUT2D eigenvalue weighted by atomic mass is 10.0. The van der Waals surface area contributed by atoms with Crippen LogP contribution in [0.3, 0.4) is 0 Å². The topological polar surface area (TPSA) is 57.8 Å². The van der Waals surface area contributed by atoms with Crippen LogP contribution in [0.4, 0.5) is 4.39 Å². The second kappa shape index (κ2) is 7.55. The van der Waals surface area contributed by atoms with Gasteiger partial charge >= 0.3 is 0 Å². The van der Waals surface area contributed by atoms with E-state index in [2.05, 4.69) is 15.5 Å². The van der Waals surface area contributed by atoms with Gasteiger partial charge in [-0.2, -0.15) is 5.10 Å². The number of halogens is 1. The van der Waals surface area contributed by atoms with Crippen molar-refractivity contribution >= 4 is 5.91 Å². The second-order valence-electron chi connectivity index (χ2n) is 5.52. The van der Waals surface area contributed by atoms with Crippen LogP contribution in [-0.4, -0.2) is 22.6 Å². The Balaban J connectivity index is 1.50. The van der Waals surface area contributed by atoms with Crippen LogP contribution in [0.25, 0.3) is 11.1 Å². The first-order valence-electron chi connectivity index (χ1n) is 7.85. The van der Waals surface area contributed by atoms with Gasteiger partial charge in [0.1, 0.15) is 5.82 Å². The highest BCUT2D eigenvalue weighted by Crippen LogP contribution is 2.22. The molecule has 0 atom stereocenters. The number of aryl methyl sites for hydroxylation is 1. The normalized spacial score (nSPS) is 10.5. The summed E-state index contributed by atoms with van der Waals surface area (Å²) in [5.74, 6) is -0.342. The summed E-state index contributed by atoms with van der Waals surface area (Å²) < 4.78 is 13.8. The molecule has 2 aromatic carbocycles. The van der Waals surface area contributed by atoms with Crippen LogP contribution in [0, 0.1) is 5.82 Å². The van der Waals surface area contributed by atoms with Crippen molar-refractivity contribution in [1.29, 1.82) is 0 Å². The van der Waals surface area contributed by atoms with Gasteiger partial charge in [0.15, 0.2) is 0 Å². The molecule has 0 fully saturated rings. The van der Waals surface area contributed by atoms with E-state index in [1.165, 1.54) is 12.3 Å². The number of hydrogen-bond donors (Lipinski definition) is 2. The van der Waals surface area contributed by atoms with Crippen LogP contribution in [0.1, 0.15) is 22.3 Å². The van der Waals surface area contributed by atoms with Gasteiger partial charge in [-0.25, -0.2) is 4.39 Å². The number of nitrogens with one attached hydrogen (secondary N) is 2. The number of amides is 1. The highest BCUT2D eigenvalue weighted by molar-refractivity contribution is 5.93. The number of aromatic amines is 1. The van der Waals surface area contributed by atoms with Gasteiger partial charge in [-0.1, -0.05) is 42.5 Å².